The summed E-state index contributed by atoms with van der Waals surface area (Å²) in [6.45, 7) is 6.00. The summed E-state index contributed by atoms with van der Waals surface area (Å²) in [5.41, 5.74) is 3.77. The zero-order chi connectivity index (χ0) is 23.7. The van der Waals surface area contributed by atoms with E-state index in [9.17, 15) is 26.4 Å². The standard InChI is InChI=1S/C22H25F3N2O4S/c1-14-11-15(2)20(16(3)12-14)26-21(28)17-7-9-27(10-8-17)32(29,30)19-6-4-5-18(13-19)31-22(23,24)25/h4-6,11-13,17H,7-10H2,1-3H3,(H,26,28). The molecule has 0 bridgehead atoms. The maximum absolute atomic E-state index is 12.9. The van der Waals surface area contributed by atoms with Gasteiger partial charge in [-0.15, -0.1) is 13.2 Å². The van der Waals surface area contributed by atoms with Crippen molar-refractivity contribution in [3.63, 3.8) is 0 Å². The Morgan fingerprint density at radius 1 is 1.06 bits per heavy atom. The van der Waals surface area contributed by atoms with Gasteiger partial charge in [-0.3, -0.25) is 4.79 Å². The fourth-order valence-electron chi connectivity index (χ4n) is 3.94. The first-order chi connectivity index (χ1) is 14.9. The second-order valence-corrected chi connectivity index (χ2v) is 9.90. The smallest absolute Gasteiger partial charge is 0.406 e. The number of aryl methyl sites for hydroxylation is 3. The third-order valence-electron chi connectivity index (χ3n) is 5.43. The number of nitrogens with one attached hydrogen (secondary N) is 1. The number of hydrogen-bond donors (Lipinski definition) is 1. The molecule has 0 saturated carbocycles. The Kier molecular flexibility index (Phi) is 6.85. The minimum Gasteiger partial charge on any atom is -0.406 e. The van der Waals surface area contributed by atoms with Gasteiger partial charge in [-0.05, 0) is 56.9 Å². The van der Waals surface area contributed by atoms with Crippen molar-refractivity contribution in [3.8, 4) is 5.75 Å². The van der Waals surface area contributed by atoms with Crippen LogP contribution in [0.2, 0.25) is 0 Å². The summed E-state index contributed by atoms with van der Waals surface area (Å²) in [6, 6.07) is 8.27. The molecule has 0 aliphatic carbocycles. The van der Waals surface area contributed by atoms with Gasteiger partial charge in [-0.1, -0.05) is 23.8 Å². The van der Waals surface area contributed by atoms with Crippen molar-refractivity contribution in [1.82, 2.24) is 4.31 Å². The van der Waals surface area contributed by atoms with E-state index in [0.29, 0.717) is 12.8 Å². The molecule has 0 spiro atoms. The van der Waals surface area contributed by atoms with Crippen LogP contribution in [-0.2, 0) is 14.8 Å². The minimum atomic E-state index is -4.91. The lowest BCUT2D eigenvalue weighted by Crippen LogP contribution is -2.41. The minimum absolute atomic E-state index is 0.0939. The molecular formula is C22H25F3N2O4S. The van der Waals surface area contributed by atoms with Crippen LogP contribution in [-0.4, -0.2) is 38.1 Å². The number of alkyl halides is 3. The molecule has 1 heterocycles. The molecule has 1 N–H and O–H groups in total. The average molecular weight is 471 g/mol. The number of anilines is 1. The van der Waals surface area contributed by atoms with Crippen molar-refractivity contribution in [2.24, 2.45) is 5.92 Å². The quantitative estimate of drug-likeness (QED) is 0.696. The van der Waals surface area contributed by atoms with Crippen molar-refractivity contribution in [1.29, 1.82) is 0 Å². The Labute approximate surface area is 185 Å². The average Bonchev–Trinajstić information content (AvgIpc) is 2.69. The third-order valence-corrected chi connectivity index (χ3v) is 7.32. The van der Waals surface area contributed by atoms with Gasteiger partial charge in [0.2, 0.25) is 15.9 Å². The monoisotopic (exact) mass is 470 g/mol. The van der Waals surface area contributed by atoms with E-state index in [1.807, 2.05) is 32.9 Å². The Morgan fingerprint density at radius 2 is 1.66 bits per heavy atom. The third kappa shape index (κ3) is 5.60. The largest absolute Gasteiger partial charge is 0.573 e. The summed E-state index contributed by atoms with van der Waals surface area (Å²) >= 11 is 0. The van der Waals surface area contributed by atoms with E-state index in [1.54, 1.807) is 0 Å². The predicted molar refractivity (Wildman–Crippen MR) is 114 cm³/mol. The van der Waals surface area contributed by atoms with Gasteiger partial charge >= 0.3 is 6.36 Å². The molecule has 10 heteroatoms. The fourth-order valence-corrected chi connectivity index (χ4v) is 5.45. The van der Waals surface area contributed by atoms with Crippen molar-refractivity contribution in [2.75, 3.05) is 18.4 Å². The second-order valence-electron chi connectivity index (χ2n) is 7.96. The Balaban J connectivity index is 1.66. The highest BCUT2D eigenvalue weighted by Gasteiger charge is 2.34. The number of ether oxygens (including phenoxy) is 1. The molecule has 1 aliphatic heterocycles. The van der Waals surface area contributed by atoms with Gasteiger partial charge in [-0.2, -0.15) is 4.31 Å². The number of amides is 1. The number of hydrogen-bond acceptors (Lipinski definition) is 4. The van der Waals surface area contributed by atoms with Gasteiger partial charge in [0.15, 0.2) is 0 Å². The van der Waals surface area contributed by atoms with Gasteiger partial charge < -0.3 is 10.1 Å². The molecule has 2 aromatic rings. The van der Waals surface area contributed by atoms with Crippen LogP contribution in [0.15, 0.2) is 41.3 Å². The van der Waals surface area contributed by atoms with Crippen molar-refractivity contribution >= 4 is 21.6 Å². The molecule has 1 fully saturated rings. The summed E-state index contributed by atoms with van der Waals surface area (Å²) in [5, 5.41) is 2.96. The topological polar surface area (TPSA) is 75.7 Å². The molecule has 0 atom stereocenters. The van der Waals surface area contributed by atoms with Gasteiger partial charge in [0.25, 0.3) is 0 Å². The predicted octanol–water partition coefficient (Wildman–Crippen LogP) is 4.55. The lowest BCUT2D eigenvalue weighted by atomic mass is 9.96. The highest BCUT2D eigenvalue weighted by atomic mass is 32.2. The van der Waals surface area contributed by atoms with Crippen LogP contribution in [0.25, 0.3) is 0 Å². The maximum Gasteiger partial charge on any atom is 0.573 e. The molecule has 0 aromatic heterocycles. The van der Waals surface area contributed by atoms with E-state index < -0.39 is 22.1 Å². The Morgan fingerprint density at radius 3 is 2.22 bits per heavy atom. The van der Waals surface area contributed by atoms with Crippen LogP contribution in [0.1, 0.15) is 29.5 Å². The van der Waals surface area contributed by atoms with Gasteiger partial charge in [-0.25, -0.2) is 8.42 Å². The number of benzene rings is 2. The summed E-state index contributed by atoms with van der Waals surface area (Å²) in [6.07, 6.45) is -4.29. The van der Waals surface area contributed by atoms with Crippen LogP contribution >= 0.6 is 0 Å². The molecule has 0 radical (unpaired) electrons. The van der Waals surface area contributed by atoms with Gasteiger partial charge in [0.1, 0.15) is 5.75 Å². The van der Waals surface area contributed by atoms with E-state index >= 15 is 0 Å². The van der Waals surface area contributed by atoms with E-state index in [-0.39, 0.29) is 29.8 Å². The zero-order valence-electron chi connectivity index (χ0n) is 18.0. The molecule has 1 aliphatic rings. The molecule has 174 valence electrons. The highest BCUT2D eigenvalue weighted by Crippen LogP contribution is 2.29. The molecule has 1 saturated heterocycles. The van der Waals surface area contributed by atoms with Crippen molar-refractivity contribution in [2.45, 2.75) is 44.9 Å². The van der Waals surface area contributed by atoms with E-state index in [1.165, 1.54) is 16.4 Å². The van der Waals surface area contributed by atoms with Crippen LogP contribution < -0.4 is 10.1 Å². The maximum atomic E-state index is 12.9. The van der Waals surface area contributed by atoms with E-state index in [2.05, 4.69) is 10.1 Å². The first kappa shape index (κ1) is 24.1. The summed E-state index contributed by atoms with van der Waals surface area (Å²) in [4.78, 5) is 12.5. The second kappa shape index (κ2) is 9.11. The number of carbonyl (C=O) groups is 1. The number of rotatable bonds is 5. The van der Waals surface area contributed by atoms with E-state index in [4.69, 9.17) is 0 Å². The number of nitrogens with zero attached hydrogens (tertiary/aromatic N) is 1. The summed E-state index contributed by atoms with van der Waals surface area (Å²) in [7, 11) is -4.01. The zero-order valence-corrected chi connectivity index (χ0v) is 18.8. The summed E-state index contributed by atoms with van der Waals surface area (Å²) < 4.78 is 68.1. The Hall–Kier alpha value is -2.59. The normalized spacial score (nSPS) is 16.1. The fraction of sp³-hybridized carbons (Fsp3) is 0.409. The van der Waals surface area contributed by atoms with E-state index in [0.717, 1.165) is 34.5 Å². The molecule has 6 nitrogen and oxygen atoms in total. The number of sulfonamides is 1. The van der Waals surface area contributed by atoms with Crippen LogP contribution in [0.5, 0.6) is 5.75 Å². The number of halogens is 3. The van der Waals surface area contributed by atoms with Gasteiger partial charge in [0, 0.05) is 30.8 Å². The lowest BCUT2D eigenvalue weighted by Gasteiger charge is -2.31. The van der Waals surface area contributed by atoms with Crippen LogP contribution in [0, 0.1) is 26.7 Å². The van der Waals surface area contributed by atoms with Gasteiger partial charge in [0.05, 0.1) is 4.90 Å². The Bertz CT molecular complexity index is 1090. The highest BCUT2D eigenvalue weighted by molar-refractivity contribution is 7.89. The lowest BCUT2D eigenvalue weighted by molar-refractivity contribution is -0.274. The SMILES string of the molecule is Cc1cc(C)c(NC(=O)C2CCN(S(=O)(=O)c3cccc(OC(F)(F)F)c3)CC2)c(C)c1. The molecule has 3 rings (SSSR count). The molecule has 32 heavy (non-hydrogen) atoms. The van der Waals surface area contributed by atoms with Crippen LogP contribution in [0.3, 0.4) is 0 Å². The molecule has 1 amide bonds. The number of piperidine rings is 1. The number of carbonyl (C=O) groups excluding carboxylic acids is 1. The molecular weight excluding hydrogens is 445 g/mol. The summed E-state index contributed by atoms with van der Waals surface area (Å²) in [5.74, 6) is -1.13. The van der Waals surface area contributed by atoms with Crippen molar-refractivity contribution in [3.05, 3.63) is 53.1 Å². The molecule has 0 unspecified atom stereocenters. The molecule has 2 aromatic carbocycles. The van der Waals surface area contributed by atoms with Crippen molar-refractivity contribution < 1.29 is 31.1 Å². The first-order valence-corrected chi connectivity index (χ1v) is 11.6. The first-order valence-electron chi connectivity index (χ1n) is 10.1. The van der Waals surface area contributed by atoms with Crippen LogP contribution in [0.4, 0.5) is 18.9 Å².